The molecular weight excluding hydrogens is 293 g/mol. The zero-order valence-corrected chi connectivity index (χ0v) is 11.8. The Morgan fingerprint density at radius 1 is 0.727 bits per heavy atom. The van der Waals surface area contributed by atoms with E-state index in [9.17, 15) is 23.4 Å². The van der Waals surface area contributed by atoms with Crippen molar-refractivity contribution in [1.29, 1.82) is 0 Å². The summed E-state index contributed by atoms with van der Waals surface area (Å²) in [6, 6.07) is 13.5. The van der Waals surface area contributed by atoms with Gasteiger partial charge in [-0.2, -0.15) is 13.2 Å². The number of rotatable bonds is 5. The Bertz CT molecular complexity index is 579. The third kappa shape index (κ3) is 4.32. The molecule has 2 nitrogen and oxygen atoms in total. The van der Waals surface area contributed by atoms with Crippen molar-refractivity contribution in [2.45, 2.75) is 31.2 Å². The van der Waals surface area contributed by atoms with E-state index in [4.69, 9.17) is 0 Å². The zero-order valence-electron chi connectivity index (χ0n) is 11.8. The number of hydrogen-bond donors (Lipinski definition) is 2. The molecule has 2 aromatic carbocycles. The molecule has 0 heterocycles. The molecule has 0 aromatic heterocycles. The summed E-state index contributed by atoms with van der Waals surface area (Å²) in [5.74, 6) is 0. The van der Waals surface area contributed by atoms with Crippen LogP contribution < -0.4 is 0 Å². The number of aliphatic hydroxyl groups is 2. The van der Waals surface area contributed by atoms with Gasteiger partial charge in [-0.05, 0) is 36.1 Å². The highest BCUT2D eigenvalue weighted by Crippen LogP contribution is 2.31. The van der Waals surface area contributed by atoms with Crippen molar-refractivity contribution in [3.63, 3.8) is 0 Å². The predicted molar refractivity (Wildman–Crippen MR) is 77.0 cm³/mol. The second-order valence-corrected chi connectivity index (χ2v) is 5.14. The molecule has 0 radical (unpaired) electrons. The van der Waals surface area contributed by atoms with Gasteiger partial charge in [-0.25, -0.2) is 0 Å². The highest BCUT2D eigenvalue weighted by Gasteiger charge is 2.30. The van der Waals surface area contributed by atoms with Crippen LogP contribution in [0, 0.1) is 0 Å². The lowest BCUT2D eigenvalue weighted by atomic mass is 9.98. The molecule has 118 valence electrons. The molecule has 0 aliphatic carbocycles. The first-order valence-electron chi connectivity index (χ1n) is 6.96. The van der Waals surface area contributed by atoms with E-state index in [0.717, 1.165) is 17.7 Å². The van der Waals surface area contributed by atoms with Crippen LogP contribution in [-0.4, -0.2) is 10.2 Å². The fourth-order valence-corrected chi connectivity index (χ4v) is 2.22. The van der Waals surface area contributed by atoms with Crippen LogP contribution in [0.1, 0.15) is 41.7 Å². The third-order valence-electron chi connectivity index (χ3n) is 3.52. The van der Waals surface area contributed by atoms with Gasteiger partial charge in [0.25, 0.3) is 0 Å². The van der Waals surface area contributed by atoms with Gasteiger partial charge < -0.3 is 10.2 Å². The topological polar surface area (TPSA) is 40.5 Å². The van der Waals surface area contributed by atoms with Gasteiger partial charge in [0.1, 0.15) is 0 Å². The quantitative estimate of drug-likeness (QED) is 0.866. The van der Waals surface area contributed by atoms with Crippen LogP contribution in [0.15, 0.2) is 54.6 Å². The molecule has 22 heavy (non-hydrogen) atoms. The second-order valence-electron chi connectivity index (χ2n) is 5.14. The summed E-state index contributed by atoms with van der Waals surface area (Å²) in [4.78, 5) is 0. The van der Waals surface area contributed by atoms with E-state index in [1.54, 1.807) is 12.1 Å². The zero-order chi connectivity index (χ0) is 16.2. The van der Waals surface area contributed by atoms with Crippen LogP contribution in [0.4, 0.5) is 13.2 Å². The molecule has 2 N–H and O–H groups in total. The fraction of sp³-hybridized carbons (Fsp3) is 0.294. The number of halogens is 3. The highest BCUT2D eigenvalue weighted by atomic mass is 19.4. The van der Waals surface area contributed by atoms with E-state index in [1.807, 2.05) is 18.2 Å². The normalized spacial score (nSPS) is 14.6. The minimum atomic E-state index is -4.38. The second kappa shape index (κ2) is 6.94. The van der Waals surface area contributed by atoms with Gasteiger partial charge in [-0.1, -0.05) is 42.5 Å². The van der Waals surface area contributed by atoms with Crippen molar-refractivity contribution in [3.8, 4) is 0 Å². The Morgan fingerprint density at radius 2 is 1.18 bits per heavy atom. The van der Waals surface area contributed by atoms with Crippen LogP contribution in [-0.2, 0) is 6.18 Å². The maximum absolute atomic E-state index is 12.5. The van der Waals surface area contributed by atoms with Crippen molar-refractivity contribution in [1.82, 2.24) is 0 Å². The first-order chi connectivity index (χ1) is 10.4. The van der Waals surface area contributed by atoms with E-state index >= 15 is 0 Å². The van der Waals surface area contributed by atoms with Crippen molar-refractivity contribution in [3.05, 3.63) is 71.3 Å². The smallest absolute Gasteiger partial charge is 0.388 e. The first-order valence-corrected chi connectivity index (χ1v) is 6.96. The molecule has 0 bridgehead atoms. The fourth-order valence-electron chi connectivity index (χ4n) is 2.22. The van der Waals surface area contributed by atoms with Crippen LogP contribution >= 0.6 is 0 Å². The Balaban J connectivity index is 1.93. The standard InChI is InChI=1S/C17H17F3O2/c18-17(19,20)14-8-6-13(7-9-14)16(22)11-10-15(21)12-4-2-1-3-5-12/h1-9,15-16,21-22H,10-11H2/t15-,16+/m1/s1. The molecule has 0 saturated carbocycles. The molecule has 0 fully saturated rings. The van der Waals surface area contributed by atoms with E-state index < -0.39 is 23.9 Å². The molecule has 5 heteroatoms. The maximum atomic E-state index is 12.5. The minimum absolute atomic E-state index is 0.265. The lowest BCUT2D eigenvalue weighted by molar-refractivity contribution is -0.137. The lowest BCUT2D eigenvalue weighted by Gasteiger charge is -2.15. The van der Waals surface area contributed by atoms with Gasteiger partial charge in [0, 0.05) is 0 Å². The molecule has 0 amide bonds. The molecule has 0 unspecified atom stereocenters. The Kier molecular flexibility index (Phi) is 5.21. The van der Waals surface area contributed by atoms with Crippen LogP contribution in [0.25, 0.3) is 0 Å². The van der Waals surface area contributed by atoms with Gasteiger partial charge in [-0.15, -0.1) is 0 Å². The predicted octanol–water partition coefficient (Wildman–Crippen LogP) is 4.25. The van der Waals surface area contributed by atoms with Crippen molar-refractivity contribution in [2.24, 2.45) is 0 Å². The summed E-state index contributed by atoms with van der Waals surface area (Å²) in [5, 5.41) is 20.0. The van der Waals surface area contributed by atoms with Crippen molar-refractivity contribution >= 4 is 0 Å². The Hall–Kier alpha value is -1.85. The molecule has 0 aliphatic rings. The summed E-state index contributed by atoms with van der Waals surface area (Å²) in [6.07, 6.45) is -5.40. The van der Waals surface area contributed by atoms with E-state index in [1.165, 1.54) is 12.1 Å². The van der Waals surface area contributed by atoms with Gasteiger partial charge in [0.05, 0.1) is 17.8 Å². The van der Waals surface area contributed by atoms with Crippen LogP contribution in [0.3, 0.4) is 0 Å². The molecule has 2 atom stereocenters. The van der Waals surface area contributed by atoms with Crippen molar-refractivity contribution < 1.29 is 23.4 Å². The van der Waals surface area contributed by atoms with Gasteiger partial charge in [0.15, 0.2) is 0 Å². The maximum Gasteiger partial charge on any atom is 0.416 e. The average molecular weight is 310 g/mol. The van der Waals surface area contributed by atoms with Crippen LogP contribution in [0.2, 0.25) is 0 Å². The third-order valence-corrected chi connectivity index (χ3v) is 3.52. The van der Waals surface area contributed by atoms with Gasteiger partial charge in [0.2, 0.25) is 0 Å². The van der Waals surface area contributed by atoms with E-state index in [-0.39, 0.29) is 6.42 Å². The monoisotopic (exact) mass is 310 g/mol. The Labute approximate surface area is 126 Å². The molecule has 2 aromatic rings. The minimum Gasteiger partial charge on any atom is -0.388 e. The number of hydrogen-bond acceptors (Lipinski definition) is 2. The summed E-state index contributed by atoms with van der Waals surface area (Å²) in [7, 11) is 0. The highest BCUT2D eigenvalue weighted by molar-refractivity contribution is 5.26. The molecule has 0 aliphatic heterocycles. The van der Waals surface area contributed by atoms with E-state index in [2.05, 4.69) is 0 Å². The van der Waals surface area contributed by atoms with Crippen molar-refractivity contribution in [2.75, 3.05) is 0 Å². The largest absolute Gasteiger partial charge is 0.416 e. The number of alkyl halides is 3. The number of benzene rings is 2. The summed E-state index contributed by atoms with van der Waals surface area (Å²) < 4.78 is 37.4. The molecular formula is C17H17F3O2. The van der Waals surface area contributed by atoms with Gasteiger partial charge in [-0.3, -0.25) is 0 Å². The van der Waals surface area contributed by atoms with Crippen LogP contribution in [0.5, 0.6) is 0 Å². The summed E-state index contributed by atoms with van der Waals surface area (Å²) in [6.45, 7) is 0. The summed E-state index contributed by atoms with van der Waals surface area (Å²) in [5.41, 5.74) is 0.420. The number of aliphatic hydroxyl groups excluding tert-OH is 2. The molecule has 0 saturated heterocycles. The van der Waals surface area contributed by atoms with E-state index in [0.29, 0.717) is 12.0 Å². The first kappa shape index (κ1) is 16.5. The molecule has 0 spiro atoms. The summed E-state index contributed by atoms with van der Waals surface area (Å²) >= 11 is 0. The molecule has 2 rings (SSSR count). The van der Waals surface area contributed by atoms with Gasteiger partial charge >= 0.3 is 6.18 Å². The average Bonchev–Trinajstić information content (AvgIpc) is 2.52. The lowest BCUT2D eigenvalue weighted by Crippen LogP contribution is -2.06. The SMILES string of the molecule is O[C@H](CC[C@H](O)c1ccc(C(F)(F)F)cc1)c1ccccc1. The Morgan fingerprint density at radius 3 is 1.64 bits per heavy atom.